The molecule has 1 aliphatic carbocycles. The highest BCUT2D eigenvalue weighted by atomic mass is 32.2. The molecule has 2 fully saturated rings. The van der Waals surface area contributed by atoms with Gasteiger partial charge in [0.05, 0.1) is 0 Å². The second-order valence-electron chi connectivity index (χ2n) is 10.6. The van der Waals surface area contributed by atoms with Gasteiger partial charge >= 0.3 is 6.03 Å². The average Bonchev–Trinajstić information content (AvgIpc) is 3.40. The fourth-order valence-corrected chi connectivity index (χ4v) is 6.86. The smallest absolute Gasteiger partial charge is 0.325 e. The van der Waals surface area contributed by atoms with Gasteiger partial charge in [0, 0.05) is 41.4 Å². The number of nitrogens with one attached hydrogen (secondary N) is 2. The lowest BCUT2D eigenvalue weighted by molar-refractivity contribution is -0.132. The van der Waals surface area contributed by atoms with Crippen molar-refractivity contribution >= 4 is 35.3 Å². The molecule has 2 N–H and O–H groups in total. The minimum Gasteiger partial charge on any atom is -0.368 e. The molecule has 38 heavy (non-hydrogen) atoms. The van der Waals surface area contributed by atoms with E-state index in [1.54, 1.807) is 11.8 Å². The summed E-state index contributed by atoms with van der Waals surface area (Å²) < 4.78 is 0. The van der Waals surface area contributed by atoms with Crippen LogP contribution in [0, 0.1) is 0 Å². The van der Waals surface area contributed by atoms with Crippen LogP contribution in [0.1, 0.15) is 62.8 Å². The van der Waals surface area contributed by atoms with Gasteiger partial charge in [0.25, 0.3) is 5.91 Å². The Kier molecular flexibility index (Phi) is 8.89. The minimum atomic E-state index is -0.598. The molecule has 8 heteroatoms. The normalized spacial score (nSPS) is 22.1. The molecule has 3 aliphatic rings. The van der Waals surface area contributed by atoms with E-state index in [-0.39, 0.29) is 24.3 Å². The Morgan fingerprint density at radius 2 is 1.66 bits per heavy atom. The molecule has 0 radical (unpaired) electrons. The van der Waals surface area contributed by atoms with Crippen LogP contribution in [0.4, 0.5) is 10.5 Å². The molecule has 4 amide bonds. The minimum absolute atomic E-state index is 0.176. The molecule has 0 aromatic heterocycles. The van der Waals surface area contributed by atoms with E-state index in [2.05, 4.69) is 39.8 Å². The molecule has 0 spiro atoms. The number of thioether (sulfide) groups is 1. The van der Waals surface area contributed by atoms with Crippen LogP contribution in [0.5, 0.6) is 0 Å². The standard InChI is InChI=1S/C30H38N4O3S/c35-28(31-17-18-38-24-13-7-4-8-14-24)21-34-29(36)26(32-30(34)37)19-22-20-33(27-16-10-9-15-25(22)27)23-11-5-2-1-3-6-12-23/h4,7-10,13-16,22-23,26H,1-3,5-6,11-12,17-21H2,(H,31,35)(H,32,37)/t22?,26-/m0/s1. The van der Waals surface area contributed by atoms with Crippen molar-refractivity contribution in [3.8, 4) is 0 Å². The molecule has 1 unspecified atom stereocenters. The van der Waals surface area contributed by atoms with Crippen molar-refractivity contribution < 1.29 is 14.4 Å². The maximum absolute atomic E-state index is 13.2. The molecule has 202 valence electrons. The highest BCUT2D eigenvalue weighted by Crippen LogP contribution is 2.42. The Morgan fingerprint density at radius 1 is 0.947 bits per heavy atom. The number of rotatable bonds is 9. The summed E-state index contributed by atoms with van der Waals surface area (Å²) in [6.45, 7) is 1.11. The molecular formula is C30H38N4O3S. The maximum Gasteiger partial charge on any atom is 0.325 e. The Hall–Kier alpha value is -3.00. The molecule has 0 bridgehead atoms. The molecule has 5 rings (SSSR count). The summed E-state index contributed by atoms with van der Waals surface area (Å²) in [4.78, 5) is 43.1. The summed E-state index contributed by atoms with van der Waals surface area (Å²) in [6, 6.07) is 18.0. The summed E-state index contributed by atoms with van der Waals surface area (Å²) in [5.41, 5.74) is 2.55. The summed E-state index contributed by atoms with van der Waals surface area (Å²) in [7, 11) is 0. The van der Waals surface area contributed by atoms with Crippen molar-refractivity contribution in [3.05, 3.63) is 60.2 Å². The van der Waals surface area contributed by atoms with Crippen LogP contribution in [0.2, 0.25) is 0 Å². The Morgan fingerprint density at radius 3 is 2.45 bits per heavy atom. The lowest BCUT2D eigenvalue weighted by Gasteiger charge is -2.32. The van der Waals surface area contributed by atoms with Gasteiger partial charge in [-0.15, -0.1) is 11.8 Å². The summed E-state index contributed by atoms with van der Waals surface area (Å²) in [5.74, 6) is 0.279. The fourth-order valence-electron chi connectivity index (χ4n) is 6.07. The first kappa shape index (κ1) is 26.6. The number of urea groups is 1. The van der Waals surface area contributed by atoms with Gasteiger partial charge in [0.2, 0.25) is 5.91 Å². The molecule has 1 saturated carbocycles. The number of carbonyl (C=O) groups excluding carboxylic acids is 3. The molecule has 2 aromatic carbocycles. The van der Waals surface area contributed by atoms with Gasteiger partial charge in [0.1, 0.15) is 12.6 Å². The summed E-state index contributed by atoms with van der Waals surface area (Å²) in [5, 5.41) is 5.69. The Labute approximate surface area is 229 Å². The lowest BCUT2D eigenvalue weighted by atomic mass is 9.93. The topological polar surface area (TPSA) is 81.8 Å². The van der Waals surface area contributed by atoms with Crippen molar-refractivity contribution in [1.29, 1.82) is 0 Å². The quantitative estimate of drug-likeness (QED) is 0.271. The molecule has 1 saturated heterocycles. The number of hydrogen-bond donors (Lipinski definition) is 2. The third-order valence-electron chi connectivity index (χ3n) is 7.98. The number of anilines is 1. The number of imide groups is 1. The molecule has 2 heterocycles. The van der Waals surface area contributed by atoms with E-state index in [1.165, 1.54) is 56.2 Å². The maximum atomic E-state index is 13.2. The first-order valence-corrected chi connectivity index (χ1v) is 15.0. The van der Waals surface area contributed by atoms with Crippen LogP contribution in [0.3, 0.4) is 0 Å². The molecular weight excluding hydrogens is 496 g/mol. The number of nitrogens with zero attached hydrogens (tertiary/aromatic N) is 2. The first-order valence-electron chi connectivity index (χ1n) is 14.0. The van der Waals surface area contributed by atoms with E-state index in [0.717, 1.165) is 22.1 Å². The second kappa shape index (κ2) is 12.7. The fraction of sp³-hybridized carbons (Fsp3) is 0.500. The Balaban J connectivity index is 1.15. The SMILES string of the molecule is O=C(CN1C(=O)N[C@@H](CC2CN(C3CCCCCCC3)c3ccccc32)C1=O)NCCSc1ccccc1. The van der Waals surface area contributed by atoms with E-state index in [1.807, 2.05) is 30.3 Å². The molecule has 7 nitrogen and oxygen atoms in total. The van der Waals surface area contributed by atoms with Gasteiger partial charge in [-0.2, -0.15) is 0 Å². The van der Waals surface area contributed by atoms with Crippen LogP contribution in [0.25, 0.3) is 0 Å². The van der Waals surface area contributed by atoms with Gasteiger partial charge in [-0.1, -0.05) is 68.5 Å². The third-order valence-corrected chi connectivity index (χ3v) is 9.00. The molecule has 2 aliphatic heterocycles. The first-order chi connectivity index (χ1) is 18.6. The third kappa shape index (κ3) is 6.34. The van der Waals surface area contributed by atoms with E-state index in [9.17, 15) is 14.4 Å². The monoisotopic (exact) mass is 534 g/mol. The van der Waals surface area contributed by atoms with Crippen molar-refractivity contribution in [2.75, 3.05) is 30.3 Å². The highest BCUT2D eigenvalue weighted by Gasteiger charge is 2.42. The van der Waals surface area contributed by atoms with E-state index < -0.39 is 12.1 Å². The van der Waals surface area contributed by atoms with E-state index in [4.69, 9.17) is 0 Å². The van der Waals surface area contributed by atoms with E-state index in [0.29, 0.717) is 19.0 Å². The largest absolute Gasteiger partial charge is 0.368 e. The van der Waals surface area contributed by atoms with Crippen molar-refractivity contribution in [2.45, 2.75) is 74.3 Å². The number of carbonyl (C=O) groups is 3. The predicted molar refractivity (Wildman–Crippen MR) is 151 cm³/mol. The van der Waals surface area contributed by atoms with E-state index >= 15 is 0 Å². The van der Waals surface area contributed by atoms with Gasteiger partial charge in [-0.3, -0.25) is 14.5 Å². The van der Waals surface area contributed by atoms with Crippen molar-refractivity contribution in [1.82, 2.24) is 15.5 Å². The van der Waals surface area contributed by atoms with Crippen molar-refractivity contribution in [2.24, 2.45) is 0 Å². The number of para-hydroxylation sites is 1. The van der Waals surface area contributed by atoms with Crippen LogP contribution < -0.4 is 15.5 Å². The number of fused-ring (bicyclic) bond motifs is 1. The molecule has 2 aromatic rings. The van der Waals surface area contributed by atoms with Gasteiger partial charge < -0.3 is 15.5 Å². The average molecular weight is 535 g/mol. The zero-order valence-electron chi connectivity index (χ0n) is 21.9. The lowest BCUT2D eigenvalue weighted by Crippen LogP contribution is -2.41. The van der Waals surface area contributed by atoms with Gasteiger partial charge in [0.15, 0.2) is 0 Å². The summed E-state index contributed by atoms with van der Waals surface area (Å²) in [6.07, 6.45) is 9.49. The number of amides is 4. The van der Waals surface area contributed by atoms with Crippen molar-refractivity contribution in [3.63, 3.8) is 0 Å². The summed E-state index contributed by atoms with van der Waals surface area (Å²) >= 11 is 1.65. The highest BCUT2D eigenvalue weighted by molar-refractivity contribution is 7.99. The molecule has 2 atom stereocenters. The van der Waals surface area contributed by atoms with Crippen LogP contribution in [0.15, 0.2) is 59.5 Å². The predicted octanol–water partition coefficient (Wildman–Crippen LogP) is 4.92. The van der Waals surface area contributed by atoms with Crippen LogP contribution in [-0.2, 0) is 9.59 Å². The van der Waals surface area contributed by atoms with Crippen LogP contribution >= 0.6 is 11.8 Å². The number of hydrogen-bond acceptors (Lipinski definition) is 5. The number of benzene rings is 2. The van der Waals surface area contributed by atoms with Crippen LogP contribution in [-0.4, -0.2) is 60.2 Å². The zero-order chi connectivity index (χ0) is 26.3. The Bertz CT molecular complexity index is 1120. The van der Waals surface area contributed by atoms with Gasteiger partial charge in [-0.25, -0.2) is 4.79 Å². The second-order valence-corrected chi connectivity index (χ2v) is 11.7. The van der Waals surface area contributed by atoms with Gasteiger partial charge in [-0.05, 0) is 43.0 Å². The zero-order valence-corrected chi connectivity index (χ0v) is 22.8.